The van der Waals surface area contributed by atoms with E-state index < -0.39 is 178 Å². The van der Waals surface area contributed by atoms with E-state index in [-0.39, 0.29) is 116 Å². The molecule has 0 saturated carbocycles. The zero-order chi connectivity index (χ0) is 83.4. The molecule has 11 amide bonds. The van der Waals surface area contributed by atoms with Gasteiger partial charge < -0.3 is 112 Å². The highest BCUT2D eigenvalue weighted by molar-refractivity contribution is 8.77. The summed E-state index contributed by atoms with van der Waals surface area (Å²) in [4.78, 5) is 178. The summed E-state index contributed by atoms with van der Waals surface area (Å²) in [6.07, 6.45) is -2.32. The van der Waals surface area contributed by atoms with Gasteiger partial charge in [-0.25, -0.2) is 4.79 Å². The average Bonchev–Trinajstić information content (AvgIpc) is 1.73. The quantitative estimate of drug-likeness (QED) is 0.0126. The van der Waals surface area contributed by atoms with Gasteiger partial charge in [0.15, 0.2) is 23.8 Å². The van der Waals surface area contributed by atoms with Crippen molar-refractivity contribution in [3.63, 3.8) is 0 Å². The summed E-state index contributed by atoms with van der Waals surface area (Å²) in [5.74, 6) is -13.4. The van der Waals surface area contributed by atoms with Gasteiger partial charge in [0.05, 0.1) is 6.10 Å². The van der Waals surface area contributed by atoms with E-state index in [0.29, 0.717) is 11.1 Å². The molecule has 2 saturated heterocycles. The molecular formula is C73H109N23O14S3. The summed E-state index contributed by atoms with van der Waals surface area (Å²) in [6.45, 7) is 10.1. The predicted octanol–water partition coefficient (Wildman–Crippen LogP) is -1.56. The van der Waals surface area contributed by atoms with Crippen LogP contribution >= 0.6 is 32.9 Å². The minimum atomic E-state index is -1.92. The Labute approximate surface area is 666 Å². The Hall–Kier alpha value is -10.7. The molecule has 2 aliphatic rings. The van der Waals surface area contributed by atoms with Crippen LogP contribution in [0.5, 0.6) is 0 Å². The number of carbonyl (C=O) groups is 12. The zero-order valence-electron chi connectivity index (χ0n) is 64.4. The monoisotopic (exact) mass is 1630 g/mol. The summed E-state index contributed by atoms with van der Waals surface area (Å²) in [7, 11) is 1.83. The van der Waals surface area contributed by atoms with Gasteiger partial charge in [-0.2, -0.15) is 0 Å². The van der Waals surface area contributed by atoms with Crippen LogP contribution in [0.15, 0.2) is 72.1 Å². The summed E-state index contributed by atoms with van der Waals surface area (Å²) in [6, 6.07) is 3.09. The molecule has 113 heavy (non-hydrogen) atoms. The van der Waals surface area contributed by atoms with Gasteiger partial charge in [0.1, 0.15) is 66.5 Å². The molecule has 0 unspecified atom stereocenters. The van der Waals surface area contributed by atoms with Gasteiger partial charge in [-0.15, -0.1) is 11.3 Å². The van der Waals surface area contributed by atoms with Crippen LogP contribution in [0.1, 0.15) is 124 Å². The van der Waals surface area contributed by atoms with E-state index in [2.05, 4.69) is 74.4 Å². The number of aliphatic hydroxyl groups excluding tert-OH is 1. The molecule has 1 aromatic heterocycles. The molecular weight excluding hydrogens is 1520 g/mol. The van der Waals surface area contributed by atoms with E-state index in [1.54, 1.807) is 32.9 Å². The first-order valence-electron chi connectivity index (χ1n) is 37.1. The van der Waals surface area contributed by atoms with Gasteiger partial charge in [-0.3, -0.25) is 74.4 Å². The number of aliphatic hydroxyl groups is 1. The number of guanidine groups is 4. The summed E-state index contributed by atoms with van der Waals surface area (Å²) >= 11 is 1.38. The van der Waals surface area contributed by atoms with Crippen molar-refractivity contribution < 1.29 is 67.7 Å². The minimum Gasteiger partial charge on any atom is -0.480 e. The lowest BCUT2D eigenvalue weighted by Crippen LogP contribution is -2.64. The highest BCUT2D eigenvalue weighted by Crippen LogP contribution is 2.39. The highest BCUT2D eigenvalue weighted by atomic mass is 33.1. The fraction of sp³-hybridized carbons (Fsp3) is 0.534. The zero-order valence-corrected chi connectivity index (χ0v) is 66.8. The number of fused-ring (bicyclic) bond motifs is 3. The molecule has 0 radical (unpaired) electrons. The Morgan fingerprint density at radius 3 is 1.68 bits per heavy atom. The number of amides is 11. The number of nitrogens with two attached hydrogens (primary N) is 4. The van der Waals surface area contributed by atoms with Crippen molar-refractivity contribution in [3.05, 3.63) is 83.2 Å². The number of hydrogen-bond acceptors (Lipinski definition) is 20. The molecule has 0 bridgehead atoms. The average molecular weight is 1630 g/mol. The third kappa shape index (κ3) is 28.8. The van der Waals surface area contributed by atoms with Crippen molar-refractivity contribution in [1.82, 2.24) is 79.3 Å². The second-order valence-corrected chi connectivity index (χ2v) is 33.3. The number of benzene rings is 3. The fourth-order valence-electron chi connectivity index (χ4n) is 12.8. The highest BCUT2D eigenvalue weighted by Gasteiger charge is 2.46. The van der Waals surface area contributed by atoms with Crippen LogP contribution in [-0.2, 0) is 70.4 Å². The molecule has 37 nitrogen and oxygen atoms in total. The Kier molecular flexibility index (Phi) is 35.0. The van der Waals surface area contributed by atoms with Crippen molar-refractivity contribution in [3.8, 4) is 0 Å². The molecule has 4 aromatic rings. The lowest BCUT2D eigenvalue weighted by molar-refractivity contribution is -0.145. The van der Waals surface area contributed by atoms with Gasteiger partial charge >= 0.3 is 5.97 Å². The van der Waals surface area contributed by atoms with Crippen molar-refractivity contribution in [1.29, 1.82) is 21.6 Å². The van der Waals surface area contributed by atoms with E-state index in [0.717, 1.165) is 56.3 Å². The topological polar surface area (TPSA) is 616 Å². The van der Waals surface area contributed by atoms with Gasteiger partial charge in [0.25, 0.3) is 0 Å². The maximum absolute atomic E-state index is 15.9. The molecule has 3 heterocycles. The summed E-state index contributed by atoms with van der Waals surface area (Å²) in [5, 5.41) is 94.2. The van der Waals surface area contributed by atoms with Crippen LogP contribution in [0.4, 0.5) is 0 Å². The third-order valence-corrected chi connectivity index (χ3v) is 23.0. The second-order valence-electron chi connectivity index (χ2n) is 29.4. The largest absolute Gasteiger partial charge is 0.480 e. The first-order valence-corrected chi connectivity index (χ1v) is 40.3. The molecule has 12 atom stereocenters. The van der Waals surface area contributed by atoms with Gasteiger partial charge in [0, 0.05) is 67.7 Å². The van der Waals surface area contributed by atoms with Crippen LogP contribution in [0.3, 0.4) is 0 Å². The summed E-state index contributed by atoms with van der Waals surface area (Å²) < 4.78 is -0.740. The van der Waals surface area contributed by atoms with Crippen LogP contribution in [0.2, 0.25) is 0 Å². The lowest BCUT2D eigenvalue weighted by Gasteiger charge is -2.36. The van der Waals surface area contributed by atoms with Crippen molar-refractivity contribution in [2.75, 3.05) is 38.5 Å². The summed E-state index contributed by atoms with van der Waals surface area (Å²) in [5.41, 5.74) is 22.5. The molecule has 2 aliphatic heterocycles. The maximum atomic E-state index is 15.9. The predicted molar refractivity (Wildman–Crippen MR) is 432 cm³/mol. The van der Waals surface area contributed by atoms with Gasteiger partial charge in [-0.1, -0.05) is 103 Å². The first kappa shape index (κ1) is 91.1. The SMILES string of the molecule is CC(=O)N[C@H]1CSSC(C)(C)[C@@H](C(=O)N[C@H](C(=O)N[C@@H](CCCNC(=N)N)C(=O)N[C@H](C(=O)O)C(C)(C)C)[C@@H](C)O)NC(=O)[C@@H]2CCCN2C(=O)[C@H](Cc2csc3ccccc23)NC(=O)[C@H](Cc2ccc3ccccc3c2)NC(=O)[C@H](CCCNC(=N)N)NC(=O)[C@H](CCCNC(=N)N)NC(=O)[C@@H](CCCNC(=N)N)NC1=O. The molecule has 28 N–H and O–H groups in total. The molecule has 40 heteroatoms. The molecule has 2 fully saturated rings. The Morgan fingerprint density at radius 1 is 0.628 bits per heavy atom. The smallest absolute Gasteiger partial charge is 0.326 e. The molecule has 3 aromatic carbocycles. The first-order chi connectivity index (χ1) is 53.3. The van der Waals surface area contributed by atoms with E-state index in [9.17, 15) is 39.0 Å². The number of carboxylic acids is 1. The van der Waals surface area contributed by atoms with Crippen LogP contribution < -0.4 is 97.4 Å². The van der Waals surface area contributed by atoms with Crippen LogP contribution in [-0.4, -0.2) is 226 Å². The number of nitrogens with one attached hydrogen (secondary N) is 18. The fourth-order valence-corrected chi connectivity index (χ4v) is 16.6. The maximum Gasteiger partial charge on any atom is 0.326 e. The van der Waals surface area contributed by atoms with Crippen molar-refractivity contribution in [2.45, 2.75) is 203 Å². The van der Waals surface area contributed by atoms with E-state index in [1.165, 1.54) is 30.1 Å². The molecule has 618 valence electrons. The van der Waals surface area contributed by atoms with Gasteiger partial charge in [-0.05, 0) is 129 Å². The normalized spacial score (nSPS) is 21.5. The van der Waals surface area contributed by atoms with Crippen LogP contribution in [0.25, 0.3) is 20.9 Å². The van der Waals surface area contributed by atoms with E-state index in [1.807, 2.05) is 60.0 Å². The van der Waals surface area contributed by atoms with Crippen molar-refractivity contribution in [2.24, 2.45) is 28.3 Å². The molecule has 6 rings (SSSR count). The number of nitrogens with zero attached hydrogens (tertiary/aromatic N) is 1. The Morgan fingerprint density at radius 2 is 1.14 bits per heavy atom. The number of carbonyl (C=O) groups excluding carboxylic acids is 11. The number of hydrogen-bond donors (Lipinski definition) is 24. The Balaban J connectivity index is 1.51. The van der Waals surface area contributed by atoms with E-state index in [4.69, 9.17) is 44.6 Å². The molecule has 0 aliphatic carbocycles. The third-order valence-electron chi connectivity index (χ3n) is 18.7. The van der Waals surface area contributed by atoms with E-state index >= 15 is 28.8 Å². The second kappa shape index (κ2) is 43.3. The van der Waals surface area contributed by atoms with Gasteiger partial charge in [0.2, 0.25) is 65.0 Å². The standard InChI is InChI=1S/C73H109N23O14S3/c1-38(97)54(64(106)90-48(23-15-31-85-71(80)81)60(102)95-56(67(109)110)72(3,4)5)93-65(107)55-73(6,7)113-112-37-51(86-39(2)98)62(104)89-46(21-13-29-83-69(76)77)58(100)87-45(20-12-28-82-68(74)75)57(99)88-47(22-14-30-84-70(78)79)59(101)91-49(34-40-26-27-41-17-8-9-18-42(41)33-40)61(103)92-50(35-43-36-111-53-25-11-10-19-44(43)53)66(108)96-32-16-24-52(96)63(105)94-55/h8-11,17-19,25-27,33,36,38,45-52,54-56,97H,12-16,20-24,28-32,34-35,37H2,1-7H3,(H,86,98)(H,87,100)(H,88,99)(H,89,104)(H,90,106)(H,91,101)(H,92,103)(H,93,107)(H,94,105)(H,95,102)(H,109,110)(H4,74,75,82)(H4,76,77,83)(H4,78,79,84)(H4,80,81,85)/t38-,45+,46-,47+,48+,49+,50+,51+,52+,54+,55-,56-/m1/s1. The van der Waals surface area contributed by atoms with Crippen molar-refractivity contribution >= 4 is 149 Å². The number of rotatable bonds is 29. The lowest BCUT2D eigenvalue weighted by atomic mass is 9.86. The molecule has 0 spiro atoms. The number of aliphatic carboxylic acids is 1. The Bertz CT molecular complexity index is 4100. The minimum absolute atomic E-state index is 0.00391. The van der Waals surface area contributed by atoms with Crippen LogP contribution in [0, 0.1) is 27.1 Å². The number of thiophene rings is 1. The number of carboxylic acid groups (broad SMARTS) is 1.